The molecule has 0 bridgehead atoms. The van der Waals surface area contributed by atoms with Gasteiger partial charge in [0.05, 0.1) is 22.7 Å². The highest BCUT2D eigenvalue weighted by Gasteiger charge is 2.29. The zero-order chi connectivity index (χ0) is 17.5. The first-order valence-corrected chi connectivity index (χ1v) is 9.00. The van der Waals surface area contributed by atoms with Crippen LogP contribution in [0.2, 0.25) is 0 Å². The van der Waals surface area contributed by atoms with Gasteiger partial charge in [0.1, 0.15) is 5.76 Å². The highest BCUT2D eigenvalue weighted by Crippen LogP contribution is 2.32. The van der Waals surface area contributed by atoms with Crippen LogP contribution in [0.5, 0.6) is 0 Å². The molecule has 1 heterocycles. The number of nitrogens with zero attached hydrogens (tertiary/aromatic N) is 2. The van der Waals surface area contributed by atoms with Gasteiger partial charge in [-0.15, -0.1) is 0 Å². The summed E-state index contributed by atoms with van der Waals surface area (Å²) in [5.74, 6) is -0.527. The third-order valence-corrected chi connectivity index (χ3v) is 6.04. The van der Waals surface area contributed by atoms with E-state index in [1.165, 1.54) is 17.4 Å². The summed E-state index contributed by atoms with van der Waals surface area (Å²) in [7, 11) is -2.37. The van der Waals surface area contributed by atoms with E-state index in [0.29, 0.717) is 24.3 Å². The Morgan fingerprint density at radius 3 is 2.71 bits per heavy atom. The average Bonchev–Trinajstić information content (AvgIpc) is 3.14. The Balaban J connectivity index is 2.01. The standard InChI is InChI=1S/C16H18N2O5S/c1-10-6-13(17-23-10)9-18(2)24(21,22)15-8-12(16(19)20)7-11-4-3-5-14(11)15/h6-8H,3-5,9H2,1-2H3,(H,19,20). The predicted molar refractivity (Wildman–Crippen MR) is 85.3 cm³/mol. The molecule has 128 valence electrons. The minimum absolute atomic E-state index is 0.0000874. The van der Waals surface area contributed by atoms with Crippen LogP contribution < -0.4 is 0 Å². The Kier molecular flexibility index (Phi) is 4.18. The lowest BCUT2D eigenvalue weighted by molar-refractivity contribution is 0.0696. The summed E-state index contributed by atoms with van der Waals surface area (Å²) in [5.41, 5.74) is 2.03. The van der Waals surface area contributed by atoms with Crippen molar-refractivity contribution in [1.29, 1.82) is 0 Å². The summed E-state index contributed by atoms with van der Waals surface area (Å²) in [5, 5.41) is 13.1. The molecular weight excluding hydrogens is 332 g/mol. The topological polar surface area (TPSA) is 101 Å². The molecule has 0 aliphatic heterocycles. The van der Waals surface area contributed by atoms with E-state index in [9.17, 15) is 18.3 Å². The molecule has 1 aromatic heterocycles. The molecule has 0 radical (unpaired) electrons. The molecule has 1 aromatic carbocycles. The Bertz CT molecular complexity index is 901. The third-order valence-electron chi connectivity index (χ3n) is 4.17. The normalized spacial score (nSPS) is 14.1. The van der Waals surface area contributed by atoms with Crippen molar-refractivity contribution in [3.05, 3.63) is 46.3 Å². The second-order valence-corrected chi connectivity index (χ2v) is 7.97. The van der Waals surface area contributed by atoms with Crippen molar-refractivity contribution in [3.63, 3.8) is 0 Å². The van der Waals surface area contributed by atoms with Crippen molar-refractivity contribution in [2.24, 2.45) is 0 Å². The van der Waals surface area contributed by atoms with Gasteiger partial charge in [-0.1, -0.05) is 5.16 Å². The number of aromatic carboxylic acids is 1. The molecule has 0 atom stereocenters. The molecule has 1 aliphatic rings. The zero-order valence-electron chi connectivity index (χ0n) is 13.4. The number of benzene rings is 1. The van der Waals surface area contributed by atoms with Gasteiger partial charge in [0.15, 0.2) is 0 Å². The molecule has 8 heteroatoms. The van der Waals surface area contributed by atoms with Crippen LogP contribution in [0.25, 0.3) is 0 Å². The van der Waals surface area contributed by atoms with E-state index in [4.69, 9.17) is 4.52 Å². The number of carboxylic acid groups (broad SMARTS) is 1. The van der Waals surface area contributed by atoms with Crippen molar-refractivity contribution in [3.8, 4) is 0 Å². The van der Waals surface area contributed by atoms with Gasteiger partial charge in [0.25, 0.3) is 0 Å². The lowest BCUT2D eigenvalue weighted by Crippen LogP contribution is -2.28. The zero-order valence-corrected chi connectivity index (χ0v) is 14.3. The Morgan fingerprint density at radius 1 is 1.33 bits per heavy atom. The quantitative estimate of drug-likeness (QED) is 0.885. The summed E-state index contributed by atoms with van der Waals surface area (Å²) < 4.78 is 32.0. The van der Waals surface area contributed by atoms with E-state index in [0.717, 1.165) is 17.5 Å². The molecule has 7 nitrogen and oxygen atoms in total. The van der Waals surface area contributed by atoms with Crippen molar-refractivity contribution in [2.45, 2.75) is 37.6 Å². The number of fused-ring (bicyclic) bond motifs is 1. The van der Waals surface area contributed by atoms with Gasteiger partial charge in [0.2, 0.25) is 10.0 Å². The monoisotopic (exact) mass is 350 g/mol. The molecule has 3 rings (SSSR count). The van der Waals surface area contributed by atoms with Crippen LogP contribution in [0.15, 0.2) is 27.6 Å². The van der Waals surface area contributed by atoms with E-state index < -0.39 is 16.0 Å². The number of carboxylic acids is 1. The summed E-state index contributed by atoms with van der Waals surface area (Å²) in [6.45, 7) is 1.79. The first kappa shape index (κ1) is 16.7. The average molecular weight is 350 g/mol. The number of hydrogen-bond donors (Lipinski definition) is 1. The molecule has 0 unspecified atom stereocenters. The van der Waals surface area contributed by atoms with Gasteiger partial charge in [-0.2, -0.15) is 4.31 Å². The molecule has 0 spiro atoms. The molecule has 1 N–H and O–H groups in total. The Labute approximate surface area is 139 Å². The van der Waals surface area contributed by atoms with E-state index in [2.05, 4.69) is 5.16 Å². The fourth-order valence-electron chi connectivity index (χ4n) is 2.99. The maximum atomic E-state index is 13.0. The summed E-state index contributed by atoms with van der Waals surface area (Å²) in [6.07, 6.45) is 2.17. The van der Waals surface area contributed by atoms with Gasteiger partial charge >= 0.3 is 5.97 Å². The van der Waals surface area contributed by atoms with Gasteiger partial charge in [-0.05, 0) is 49.4 Å². The van der Waals surface area contributed by atoms with Crippen LogP contribution in [0.3, 0.4) is 0 Å². The van der Waals surface area contributed by atoms with Crippen LogP contribution in [0, 0.1) is 6.92 Å². The molecule has 0 saturated heterocycles. The van der Waals surface area contributed by atoms with E-state index in [1.54, 1.807) is 19.1 Å². The summed E-state index contributed by atoms with van der Waals surface area (Å²) in [4.78, 5) is 11.4. The minimum Gasteiger partial charge on any atom is -0.478 e. The fourth-order valence-corrected chi connectivity index (χ4v) is 4.45. The lowest BCUT2D eigenvalue weighted by atomic mass is 10.1. The molecule has 0 saturated carbocycles. The summed E-state index contributed by atoms with van der Waals surface area (Å²) in [6, 6.07) is 4.50. The van der Waals surface area contributed by atoms with Crippen LogP contribution >= 0.6 is 0 Å². The van der Waals surface area contributed by atoms with E-state index >= 15 is 0 Å². The molecule has 1 aliphatic carbocycles. The fraction of sp³-hybridized carbons (Fsp3) is 0.375. The number of carbonyl (C=O) groups is 1. The SMILES string of the molecule is Cc1cc(CN(C)S(=O)(=O)c2cc(C(=O)O)cc3c2CCC3)no1. The van der Waals surface area contributed by atoms with Gasteiger partial charge in [0, 0.05) is 13.1 Å². The second-order valence-electron chi connectivity index (χ2n) is 5.96. The predicted octanol–water partition coefficient (Wildman–Crippen LogP) is 1.99. The maximum Gasteiger partial charge on any atom is 0.335 e. The van der Waals surface area contributed by atoms with E-state index in [1.807, 2.05) is 0 Å². The largest absolute Gasteiger partial charge is 0.478 e. The number of hydrogen-bond acceptors (Lipinski definition) is 5. The number of sulfonamides is 1. The van der Waals surface area contributed by atoms with Crippen molar-refractivity contribution in [1.82, 2.24) is 9.46 Å². The van der Waals surface area contributed by atoms with E-state index in [-0.39, 0.29) is 17.0 Å². The maximum absolute atomic E-state index is 13.0. The number of rotatable bonds is 5. The number of aryl methyl sites for hydroxylation is 2. The second kappa shape index (κ2) is 6.03. The molecule has 0 fully saturated rings. The smallest absolute Gasteiger partial charge is 0.335 e. The van der Waals surface area contributed by atoms with Crippen LogP contribution in [0.4, 0.5) is 0 Å². The van der Waals surface area contributed by atoms with Crippen LogP contribution in [-0.4, -0.2) is 36.0 Å². The lowest BCUT2D eigenvalue weighted by Gasteiger charge is -2.18. The van der Waals surface area contributed by atoms with Crippen LogP contribution in [-0.2, 0) is 29.4 Å². The highest BCUT2D eigenvalue weighted by atomic mass is 32.2. The third kappa shape index (κ3) is 2.94. The van der Waals surface area contributed by atoms with Crippen molar-refractivity contribution in [2.75, 3.05) is 7.05 Å². The molecular formula is C16H18N2O5S. The highest BCUT2D eigenvalue weighted by molar-refractivity contribution is 7.89. The van der Waals surface area contributed by atoms with Gasteiger partial charge < -0.3 is 9.63 Å². The Hall–Kier alpha value is -2.19. The number of aromatic nitrogens is 1. The first-order valence-electron chi connectivity index (χ1n) is 7.56. The van der Waals surface area contributed by atoms with Crippen molar-refractivity contribution < 1.29 is 22.8 Å². The Morgan fingerprint density at radius 2 is 2.08 bits per heavy atom. The molecule has 24 heavy (non-hydrogen) atoms. The minimum atomic E-state index is -3.82. The molecule has 0 amide bonds. The molecule has 2 aromatic rings. The van der Waals surface area contributed by atoms with Gasteiger partial charge in [-0.3, -0.25) is 0 Å². The van der Waals surface area contributed by atoms with Crippen molar-refractivity contribution >= 4 is 16.0 Å². The van der Waals surface area contributed by atoms with Gasteiger partial charge in [-0.25, -0.2) is 13.2 Å². The first-order chi connectivity index (χ1) is 11.3. The summed E-state index contributed by atoms with van der Waals surface area (Å²) >= 11 is 0. The van der Waals surface area contributed by atoms with Crippen LogP contribution in [0.1, 0.15) is 39.4 Å².